The van der Waals surface area contributed by atoms with Crippen LogP contribution >= 0.6 is 0 Å². The number of ether oxygens (including phenoxy) is 1. The van der Waals surface area contributed by atoms with E-state index in [2.05, 4.69) is 13.8 Å². The van der Waals surface area contributed by atoms with Crippen LogP contribution in [0.4, 0.5) is 0 Å². The lowest BCUT2D eigenvalue weighted by atomic mass is 9.45. The molecule has 0 N–H and O–H groups in total. The summed E-state index contributed by atoms with van der Waals surface area (Å²) in [6.45, 7) is 6.42. The van der Waals surface area contributed by atoms with Crippen molar-refractivity contribution in [1.82, 2.24) is 0 Å². The van der Waals surface area contributed by atoms with Crippen molar-refractivity contribution < 1.29 is 14.3 Å². The van der Waals surface area contributed by atoms with Gasteiger partial charge in [0.1, 0.15) is 11.9 Å². The molecule has 0 aliphatic heterocycles. The maximum atomic E-state index is 12.0. The number of carbonyl (C=O) groups is 2. The first-order chi connectivity index (χ1) is 11.3. The van der Waals surface area contributed by atoms with Gasteiger partial charge in [-0.15, -0.1) is 0 Å². The summed E-state index contributed by atoms with van der Waals surface area (Å²) in [6.07, 6.45) is 10.1. The van der Waals surface area contributed by atoms with Crippen molar-refractivity contribution in [3.63, 3.8) is 0 Å². The molecule has 0 spiro atoms. The minimum atomic E-state index is -0.120. The van der Waals surface area contributed by atoms with Gasteiger partial charge in [0.15, 0.2) is 0 Å². The third-order valence-corrected chi connectivity index (χ3v) is 8.70. The van der Waals surface area contributed by atoms with Crippen LogP contribution in [0, 0.1) is 34.5 Å². The van der Waals surface area contributed by atoms with Gasteiger partial charge in [-0.05, 0) is 74.0 Å². The van der Waals surface area contributed by atoms with Crippen LogP contribution in [-0.2, 0) is 14.3 Å². The third-order valence-electron chi connectivity index (χ3n) is 8.70. The molecule has 4 rings (SSSR count). The summed E-state index contributed by atoms with van der Waals surface area (Å²) in [5, 5.41) is 0. The predicted molar refractivity (Wildman–Crippen MR) is 92.3 cm³/mol. The maximum absolute atomic E-state index is 12.0. The van der Waals surface area contributed by atoms with Gasteiger partial charge in [-0.2, -0.15) is 0 Å². The fraction of sp³-hybridized carbons (Fsp3) is 0.905. The Balaban J connectivity index is 1.58. The van der Waals surface area contributed by atoms with Crippen LogP contribution in [0.15, 0.2) is 0 Å². The molecule has 0 saturated heterocycles. The van der Waals surface area contributed by atoms with E-state index in [1.165, 1.54) is 32.1 Å². The Kier molecular flexibility index (Phi) is 3.85. The molecule has 3 heteroatoms. The topological polar surface area (TPSA) is 43.4 Å². The highest BCUT2D eigenvalue weighted by Gasteiger charge is 2.60. The molecule has 0 amide bonds. The Morgan fingerprint density at radius 1 is 1.00 bits per heavy atom. The third kappa shape index (κ3) is 2.29. The van der Waals surface area contributed by atoms with E-state index in [4.69, 9.17) is 4.74 Å². The van der Waals surface area contributed by atoms with Crippen molar-refractivity contribution in [3.8, 4) is 0 Å². The molecule has 0 heterocycles. The van der Waals surface area contributed by atoms with Crippen LogP contribution in [0.1, 0.15) is 78.6 Å². The van der Waals surface area contributed by atoms with Crippen LogP contribution in [0.5, 0.6) is 0 Å². The number of esters is 1. The Morgan fingerprint density at radius 2 is 1.75 bits per heavy atom. The lowest BCUT2D eigenvalue weighted by Crippen LogP contribution is -2.54. The molecule has 0 aromatic heterocycles. The predicted octanol–water partition coefficient (Wildman–Crippen LogP) is 4.53. The van der Waals surface area contributed by atoms with E-state index >= 15 is 0 Å². The standard InChI is InChI=1S/C21H32O3/c1-13(22)24-19-7-6-17-16-5-4-14-12-15(23)8-10-20(14,2)18(16)9-11-21(17,19)3/h14,16-19H,4-12H2,1-3H3/t14?,16-,17+,18+,19?,20+,21+/m1/s1. The van der Waals surface area contributed by atoms with Crippen LogP contribution in [0.2, 0.25) is 0 Å². The molecule has 2 unspecified atom stereocenters. The van der Waals surface area contributed by atoms with E-state index in [1.54, 1.807) is 6.92 Å². The van der Waals surface area contributed by atoms with E-state index in [0.29, 0.717) is 23.0 Å². The van der Waals surface area contributed by atoms with Crippen molar-refractivity contribution in [2.45, 2.75) is 84.7 Å². The summed E-state index contributed by atoms with van der Waals surface area (Å²) in [5.74, 6) is 3.25. The lowest BCUT2D eigenvalue weighted by Gasteiger charge is -2.60. The van der Waals surface area contributed by atoms with E-state index in [9.17, 15) is 9.59 Å². The number of Topliss-reactive ketones (excluding diaryl/α,β-unsaturated/α-hetero) is 1. The van der Waals surface area contributed by atoms with E-state index in [0.717, 1.165) is 37.5 Å². The molecule has 4 fully saturated rings. The first kappa shape index (κ1) is 16.6. The molecular formula is C21H32O3. The van der Waals surface area contributed by atoms with Gasteiger partial charge in [0, 0.05) is 25.2 Å². The Hall–Kier alpha value is -0.860. The van der Waals surface area contributed by atoms with Gasteiger partial charge in [-0.3, -0.25) is 9.59 Å². The molecule has 7 atom stereocenters. The van der Waals surface area contributed by atoms with E-state index in [1.807, 2.05) is 0 Å². The van der Waals surface area contributed by atoms with E-state index < -0.39 is 0 Å². The monoisotopic (exact) mass is 332 g/mol. The average Bonchev–Trinajstić information content (AvgIpc) is 2.84. The fourth-order valence-electron chi connectivity index (χ4n) is 7.39. The van der Waals surface area contributed by atoms with Gasteiger partial charge >= 0.3 is 5.97 Å². The second-order valence-corrected chi connectivity index (χ2v) is 9.62. The van der Waals surface area contributed by atoms with Gasteiger partial charge in [-0.25, -0.2) is 0 Å². The number of carbonyl (C=O) groups excluding carboxylic acids is 2. The number of fused-ring (bicyclic) bond motifs is 5. The van der Waals surface area contributed by atoms with Gasteiger partial charge in [0.05, 0.1) is 0 Å². The summed E-state index contributed by atoms with van der Waals surface area (Å²) in [5.41, 5.74) is 0.554. The van der Waals surface area contributed by atoms with Gasteiger partial charge < -0.3 is 4.74 Å². The zero-order chi connectivity index (χ0) is 17.1. The Morgan fingerprint density at radius 3 is 2.50 bits per heavy atom. The largest absolute Gasteiger partial charge is 0.462 e. The molecule has 4 aliphatic carbocycles. The zero-order valence-corrected chi connectivity index (χ0v) is 15.5. The molecule has 4 saturated carbocycles. The van der Waals surface area contributed by atoms with Crippen molar-refractivity contribution in [3.05, 3.63) is 0 Å². The van der Waals surface area contributed by atoms with Crippen molar-refractivity contribution >= 4 is 11.8 Å². The van der Waals surface area contributed by atoms with Crippen LogP contribution in [0.25, 0.3) is 0 Å². The maximum Gasteiger partial charge on any atom is 0.302 e. The fourth-order valence-corrected chi connectivity index (χ4v) is 7.39. The minimum Gasteiger partial charge on any atom is -0.462 e. The molecule has 0 aromatic carbocycles. The van der Waals surface area contributed by atoms with Crippen molar-refractivity contribution in [2.24, 2.45) is 34.5 Å². The number of rotatable bonds is 1. The Labute approximate surface area is 145 Å². The van der Waals surface area contributed by atoms with Crippen LogP contribution in [0.3, 0.4) is 0 Å². The second kappa shape index (κ2) is 5.57. The number of hydrogen-bond acceptors (Lipinski definition) is 3. The highest BCUT2D eigenvalue weighted by molar-refractivity contribution is 5.79. The number of hydrogen-bond donors (Lipinski definition) is 0. The molecule has 0 aromatic rings. The summed E-state index contributed by atoms with van der Waals surface area (Å²) in [6, 6.07) is 0. The normalized spacial score (nSPS) is 50.6. The van der Waals surface area contributed by atoms with Gasteiger partial charge in [0.2, 0.25) is 0 Å². The molecule has 134 valence electrons. The summed E-state index contributed by atoms with van der Waals surface area (Å²) in [7, 11) is 0. The zero-order valence-electron chi connectivity index (χ0n) is 15.5. The Bertz CT molecular complexity index is 555. The first-order valence-corrected chi connectivity index (χ1v) is 10.0. The molecule has 3 nitrogen and oxygen atoms in total. The van der Waals surface area contributed by atoms with Crippen LogP contribution < -0.4 is 0 Å². The molecule has 4 aliphatic rings. The lowest BCUT2D eigenvalue weighted by molar-refractivity contribution is -0.162. The minimum absolute atomic E-state index is 0.120. The van der Waals surface area contributed by atoms with Crippen molar-refractivity contribution in [1.29, 1.82) is 0 Å². The molecule has 24 heavy (non-hydrogen) atoms. The van der Waals surface area contributed by atoms with Gasteiger partial charge in [-0.1, -0.05) is 13.8 Å². The summed E-state index contributed by atoms with van der Waals surface area (Å²) in [4.78, 5) is 23.5. The molecule has 0 bridgehead atoms. The highest BCUT2D eigenvalue weighted by Crippen LogP contribution is 2.66. The molecular weight excluding hydrogens is 300 g/mol. The number of ketones is 1. The van der Waals surface area contributed by atoms with Crippen molar-refractivity contribution in [2.75, 3.05) is 0 Å². The smallest absolute Gasteiger partial charge is 0.302 e. The van der Waals surface area contributed by atoms with Gasteiger partial charge in [0.25, 0.3) is 0 Å². The summed E-state index contributed by atoms with van der Waals surface area (Å²) >= 11 is 0. The summed E-state index contributed by atoms with van der Waals surface area (Å²) < 4.78 is 5.73. The second-order valence-electron chi connectivity index (χ2n) is 9.62. The first-order valence-electron chi connectivity index (χ1n) is 10.0. The average molecular weight is 332 g/mol. The quantitative estimate of drug-likeness (QED) is 0.663. The highest BCUT2D eigenvalue weighted by atomic mass is 16.5. The van der Waals surface area contributed by atoms with E-state index in [-0.39, 0.29) is 17.5 Å². The molecule has 0 radical (unpaired) electrons. The van der Waals surface area contributed by atoms with Crippen LogP contribution in [-0.4, -0.2) is 17.9 Å². The SMILES string of the molecule is CC(=O)OC1CC[C@H]2[C@H]3CCC4CC(=O)CC[C@]4(C)[C@H]3CC[C@]12C.